The molecule has 1 rings (SSSR count). The second-order valence-electron chi connectivity index (χ2n) is 2.75. The second-order valence-corrected chi connectivity index (χ2v) is 2.75. The lowest BCUT2D eigenvalue weighted by Crippen LogP contribution is -2.37. The van der Waals surface area contributed by atoms with Gasteiger partial charge in [0, 0.05) is 19.7 Å². The number of carbonyl (C=O) groups is 1. The Morgan fingerprint density at radius 2 is 2.54 bits per heavy atom. The molecule has 1 atom stereocenters. The van der Waals surface area contributed by atoms with Gasteiger partial charge in [-0.05, 0) is 6.92 Å². The number of nitrogens with zero attached hydrogens (tertiary/aromatic N) is 1. The molecule has 70 valence electrons. The van der Waals surface area contributed by atoms with Gasteiger partial charge in [0.1, 0.15) is 6.10 Å². The number of nitrogens with one attached hydrogen (secondary N) is 1. The Labute approximate surface area is 78.2 Å². The molecule has 1 aliphatic rings. The first kappa shape index (κ1) is 9.99. The van der Waals surface area contributed by atoms with Crippen molar-refractivity contribution in [1.82, 2.24) is 5.23 Å². The van der Waals surface area contributed by atoms with Crippen molar-refractivity contribution in [3.8, 4) is 0 Å². The first-order valence-corrected chi connectivity index (χ1v) is 4.32. The highest BCUT2D eigenvalue weighted by Crippen LogP contribution is 1.99. The Kier molecular flexibility index (Phi) is 3.70. The molecule has 0 saturated heterocycles. The highest BCUT2D eigenvalue weighted by atomic mass is 16.5. The number of amides is 1. The van der Waals surface area contributed by atoms with E-state index in [1.54, 1.807) is 6.21 Å². The minimum atomic E-state index is -0.228. The van der Waals surface area contributed by atoms with Gasteiger partial charge in [0.25, 0.3) is 0 Å². The van der Waals surface area contributed by atoms with Crippen LogP contribution in [0.4, 0.5) is 0 Å². The van der Waals surface area contributed by atoms with Gasteiger partial charge in [-0.3, -0.25) is 4.79 Å². The van der Waals surface area contributed by atoms with Gasteiger partial charge in [0.2, 0.25) is 5.91 Å². The summed E-state index contributed by atoms with van der Waals surface area (Å²) >= 11 is 0. The van der Waals surface area contributed by atoms with Crippen molar-refractivity contribution >= 4 is 19.1 Å². The Bertz CT molecular complexity index is 226. The summed E-state index contributed by atoms with van der Waals surface area (Å²) in [5.74, 6) is 1.74. The highest BCUT2D eigenvalue weighted by Gasteiger charge is 2.15. The normalized spacial score (nSPS) is 20.5. The quantitative estimate of drug-likeness (QED) is 0.630. The Morgan fingerprint density at radius 3 is 3.00 bits per heavy atom. The molecule has 13 heavy (non-hydrogen) atoms. The van der Waals surface area contributed by atoms with E-state index >= 15 is 0 Å². The van der Waals surface area contributed by atoms with Crippen LogP contribution in [-0.4, -0.2) is 31.8 Å². The smallest absolute Gasteiger partial charge is 0.375 e. The van der Waals surface area contributed by atoms with Gasteiger partial charge in [-0.1, -0.05) is 12.1 Å². The molecule has 0 aromatic rings. The molecule has 0 fully saturated rings. The van der Waals surface area contributed by atoms with Crippen LogP contribution in [0.5, 0.6) is 0 Å². The van der Waals surface area contributed by atoms with Crippen LogP contribution in [0.3, 0.4) is 0 Å². The zero-order valence-electron chi connectivity index (χ0n) is 7.86. The molecule has 0 aliphatic carbocycles. The fraction of sp³-hybridized carbons (Fsp3) is 0.500. The van der Waals surface area contributed by atoms with Crippen LogP contribution < -0.4 is 5.23 Å². The lowest BCUT2D eigenvalue weighted by atomic mass is 9.75. The maximum atomic E-state index is 10.7. The molecule has 0 saturated carbocycles. The van der Waals surface area contributed by atoms with Gasteiger partial charge < -0.3 is 14.9 Å². The van der Waals surface area contributed by atoms with Gasteiger partial charge in [-0.15, -0.1) is 0 Å². The fourth-order valence-electron chi connectivity index (χ4n) is 1.08. The fourth-order valence-corrected chi connectivity index (χ4v) is 1.08. The monoisotopic (exact) mass is 180 g/mol. The van der Waals surface area contributed by atoms with E-state index in [-0.39, 0.29) is 19.0 Å². The van der Waals surface area contributed by atoms with E-state index < -0.39 is 0 Å². The summed E-state index contributed by atoms with van der Waals surface area (Å²) in [5.41, 5.74) is 0. The van der Waals surface area contributed by atoms with E-state index in [1.165, 1.54) is 6.92 Å². The maximum Gasteiger partial charge on any atom is 0.421 e. The molecule has 1 unspecified atom stereocenters. The average Bonchev–Trinajstić information content (AvgIpc) is 2.08. The third-order valence-electron chi connectivity index (χ3n) is 1.59. The van der Waals surface area contributed by atoms with Crippen LogP contribution in [0.1, 0.15) is 13.8 Å². The van der Waals surface area contributed by atoms with E-state index in [4.69, 9.17) is 4.74 Å². The predicted octanol–water partition coefficient (Wildman–Crippen LogP) is 0.196. The minimum Gasteiger partial charge on any atom is -0.375 e. The lowest BCUT2D eigenvalue weighted by Gasteiger charge is -2.13. The maximum absolute atomic E-state index is 10.7. The van der Waals surface area contributed by atoms with E-state index in [2.05, 4.69) is 10.1 Å². The van der Waals surface area contributed by atoms with Crippen LogP contribution in [-0.2, 0) is 9.53 Å². The van der Waals surface area contributed by atoms with E-state index in [1.807, 2.05) is 19.0 Å². The third kappa shape index (κ3) is 3.42. The summed E-state index contributed by atoms with van der Waals surface area (Å²) in [7, 11) is 0. The third-order valence-corrected chi connectivity index (χ3v) is 1.59. The van der Waals surface area contributed by atoms with Crippen LogP contribution >= 0.6 is 0 Å². The van der Waals surface area contributed by atoms with Gasteiger partial charge in [-0.2, -0.15) is 0 Å². The van der Waals surface area contributed by atoms with Crippen molar-refractivity contribution in [1.29, 1.82) is 0 Å². The summed E-state index contributed by atoms with van der Waals surface area (Å²) in [6.45, 7) is 3.83. The molecule has 1 aliphatic heterocycles. The van der Waals surface area contributed by atoms with Crippen molar-refractivity contribution in [3.05, 3.63) is 12.1 Å². The summed E-state index contributed by atoms with van der Waals surface area (Å²) in [4.78, 5) is 14.8. The zero-order valence-corrected chi connectivity index (χ0v) is 7.86. The van der Waals surface area contributed by atoms with Crippen molar-refractivity contribution in [2.75, 3.05) is 6.61 Å². The van der Waals surface area contributed by atoms with Gasteiger partial charge in [-0.25, -0.2) is 0 Å². The summed E-state index contributed by atoms with van der Waals surface area (Å²) < 4.78 is 5.29. The lowest BCUT2D eigenvalue weighted by molar-refractivity contribution is -0.117. The zero-order chi connectivity index (χ0) is 9.68. The minimum absolute atomic E-state index is 0.0463. The Balaban J connectivity index is 2.39. The molecule has 1 heterocycles. The largest absolute Gasteiger partial charge is 0.421 e. The van der Waals surface area contributed by atoms with Crippen LogP contribution in [0.25, 0.3) is 0 Å². The van der Waals surface area contributed by atoms with Crippen molar-refractivity contribution in [3.63, 3.8) is 0 Å². The molecule has 0 spiro atoms. The number of rotatable bonds is 3. The van der Waals surface area contributed by atoms with Gasteiger partial charge in [0.15, 0.2) is 0 Å². The topological polar surface area (TPSA) is 50.7 Å². The van der Waals surface area contributed by atoms with E-state index in [0.717, 1.165) is 0 Å². The van der Waals surface area contributed by atoms with Gasteiger partial charge >= 0.3 is 6.98 Å². The molecule has 0 aromatic carbocycles. The van der Waals surface area contributed by atoms with Crippen LogP contribution in [0, 0.1) is 0 Å². The summed E-state index contributed by atoms with van der Waals surface area (Å²) in [6, 6.07) is 0. The molecule has 1 N–H and O–H groups in total. The summed E-state index contributed by atoms with van der Waals surface area (Å²) in [5, 5.41) is 2.67. The predicted molar refractivity (Wildman–Crippen MR) is 52.6 cm³/mol. The Hall–Kier alpha value is -1.10. The molecule has 1 amide bonds. The Morgan fingerprint density at radius 1 is 1.77 bits per heavy atom. The van der Waals surface area contributed by atoms with Crippen molar-refractivity contribution in [2.24, 2.45) is 4.90 Å². The number of hydrogen-bond acceptors (Lipinski definition) is 3. The van der Waals surface area contributed by atoms with Crippen LogP contribution in [0.15, 0.2) is 17.0 Å². The van der Waals surface area contributed by atoms with Crippen LogP contribution in [0.2, 0.25) is 0 Å². The number of carbonyl (C=O) groups excluding carboxylic acids is 1. The van der Waals surface area contributed by atoms with Crippen molar-refractivity contribution in [2.45, 2.75) is 20.0 Å². The van der Waals surface area contributed by atoms with E-state index in [9.17, 15) is 4.79 Å². The molecule has 0 radical (unpaired) electrons. The molecular formula is C8H13BN2O2. The molecular weight excluding hydrogens is 167 g/mol. The van der Waals surface area contributed by atoms with Gasteiger partial charge in [0.05, 0.1) is 0 Å². The first-order chi connectivity index (χ1) is 6.22. The molecule has 0 aromatic heterocycles. The van der Waals surface area contributed by atoms with Crippen molar-refractivity contribution < 1.29 is 9.53 Å². The SMILES string of the molecule is CCOC1C=CB(NC(C)=O)N=C1. The highest BCUT2D eigenvalue weighted by molar-refractivity contribution is 6.63. The average molecular weight is 180 g/mol. The number of hydrogen-bond donors (Lipinski definition) is 1. The molecule has 0 bridgehead atoms. The second kappa shape index (κ2) is 4.82. The molecule has 5 heteroatoms. The number of ether oxygens (including phenoxy) is 1. The standard InChI is InChI=1S/C8H13BN2O2/c1-3-13-8-4-5-9(10-6-8)11-7(2)12/h4-6,8H,3H2,1-2H3,(H,11,12). The first-order valence-electron chi connectivity index (χ1n) is 4.32. The van der Waals surface area contributed by atoms with E-state index in [0.29, 0.717) is 6.61 Å². The molecule has 4 nitrogen and oxygen atoms in total. The summed E-state index contributed by atoms with van der Waals surface area (Å²) in [6.07, 6.45) is 3.54.